The van der Waals surface area contributed by atoms with E-state index in [1.165, 1.54) is 4.68 Å². The molecule has 2 heterocycles. The normalized spacial score (nSPS) is 10.6. The second-order valence-corrected chi connectivity index (χ2v) is 6.90. The SMILES string of the molecule is Cc1cccc(C(=O)Nc2ccccc2-c2nnnn2CC(=O)Nc2cc(C)on2)c1. The summed E-state index contributed by atoms with van der Waals surface area (Å²) in [6, 6.07) is 16.0. The number of hydrogen-bond acceptors (Lipinski definition) is 7. The van der Waals surface area contributed by atoms with Crippen LogP contribution in [0.1, 0.15) is 21.7 Å². The van der Waals surface area contributed by atoms with Crippen LogP contribution in [-0.4, -0.2) is 37.2 Å². The molecule has 4 aromatic rings. The molecule has 0 fully saturated rings. The van der Waals surface area contributed by atoms with Gasteiger partial charge in [0.1, 0.15) is 12.3 Å². The van der Waals surface area contributed by atoms with Gasteiger partial charge in [-0.1, -0.05) is 35.0 Å². The predicted octanol–water partition coefficient (Wildman–Crippen LogP) is 2.84. The molecule has 0 radical (unpaired) electrons. The molecule has 2 aromatic carbocycles. The number of hydrogen-bond donors (Lipinski definition) is 2. The lowest BCUT2D eigenvalue weighted by Crippen LogP contribution is -2.20. The van der Waals surface area contributed by atoms with Crippen LogP contribution in [0.15, 0.2) is 59.1 Å². The van der Waals surface area contributed by atoms with E-state index in [-0.39, 0.29) is 18.4 Å². The molecule has 2 aromatic heterocycles. The van der Waals surface area contributed by atoms with E-state index in [2.05, 4.69) is 31.3 Å². The number of para-hydroxylation sites is 1. The summed E-state index contributed by atoms with van der Waals surface area (Å²) >= 11 is 0. The highest BCUT2D eigenvalue weighted by molar-refractivity contribution is 6.06. The van der Waals surface area contributed by atoms with Gasteiger partial charge in [-0.15, -0.1) is 5.10 Å². The van der Waals surface area contributed by atoms with Gasteiger partial charge >= 0.3 is 0 Å². The van der Waals surface area contributed by atoms with Crippen molar-refractivity contribution in [1.82, 2.24) is 25.4 Å². The van der Waals surface area contributed by atoms with E-state index in [1.54, 1.807) is 49.4 Å². The molecule has 0 atom stereocenters. The number of tetrazole rings is 1. The minimum Gasteiger partial charge on any atom is -0.360 e. The first-order chi connectivity index (χ1) is 15.0. The minimum absolute atomic E-state index is 0.144. The molecule has 10 nitrogen and oxygen atoms in total. The lowest BCUT2D eigenvalue weighted by atomic mass is 10.1. The van der Waals surface area contributed by atoms with Gasteiger partial charge in [-0.05, 0) is 48.5 Å². The highest BCUT2D eigenvalue weighted by atomic mass is 16.5. The van der Waals surface area contributed by atoms with Crippen LogP contribution in [-0.2, 0) is 11.3 Å². The topological polar surface area (TPSA) is 128 Å². The number of aryl methyl sites for hydroxylation is 2. The zero-order chi connectivity index (χ0) is 21.8. The molecule has 0 unspecified atom stereocenters. The molecule has 0 saturated carbocycles. The third-order valence-electron chi connectivity index (χ3n) is 4.42. The zero-order valence-electron chi connectivity index (χ0n) is 16.9. The predicted molar refractivity (Wildman–Crippen MR) is 112 cm³/mol. The average Bonchev–Trinajstić information content (AvgIpc) is 3.37. The Labute approximate surface area is 177 Å². The van der Waals surface area contributed by atoms with Crippen molar-refractivity contribution in [2.75, 3.05) is 10.6 Å². The van der Waals surface area contributed by atoms with Crippen molar-refractivity contribution < 1.29 is 14.1 Å². The van der Waals surface area contributed by atoms with Gasteiger partial charge in [0.15, 0.2) is 11.6 Å². The molecule has 2 amide bonds. The molecule has 2 N–H and O–H groups in total. The molecule has 31 heavy (non-hydrogen) atoms. The van der Waals surface area contributed by atoms with Crippen molar-refractivity contribution in [3.05, 3.63) is 71.5 Å². The van der Waals surface area contributed by atoms with Gasteiger partial charge in [0.25, 0.3) is 5.91 Å². The fourth-order valence-electron chi connectivity index (χ4n) is 3.02. The van der Waals surface area contributed by atoms with Gasteiger partial charge in [-0.25, -0.2) is 4.68 Å². The molecule has 10 heteroatoms. The van der Waals surface area contributed by atoms with Crippen LogP contribution in [0.4, 0.5) is 11.5 Å². The van der Waals surface area contributed by atoms with Crippen LogP contribution >= 0.6 is 0 Å². The Hall–Kier alpha value is -4.34. The van der Waals surface area contributed by atoms with Crippen LogP contribution in [0.5, 0.6) is 0 Å². The number of amides is 2. The molecule has 0 aliphatic heterocycles. The van der Waals surface area contributed by atoms with E-state index in [0.29, 0.717) is 34.2 Å². The first-order valence-corrected chi connectivity index (χ1v) is 9.46. The highest BCUT2D eigenvalue weighted by Crippen LogP contribution is 2.26. The summed E-state index contributed by atoms with van der Waals surface area (Å²) < 4.78 is 6.29. The summed E-state index contributed by atoms with van der Waals surface area (Å²) in [5, 5.41) is 20.9. The molecule has 0 aliphatic carbocycles. The second-order valence-electron chi connectivity index (χ2n) is 6.90. The maximum absolute atomic E-state index is 12.7. The Bertz CT molecular complexity index is 1250. The van der Waals surface area contributed by atoms with Crippen LogP contribution in [0.25, 0.3) is 11.4 Å². The number of carbonyl (C=O) groups is 2. The number of nitrogens with one attached hydrogen (secondary N) is 2. The van der Waals surface area contributed by atoms with Crippen LogP contribution in [0.2, 0.25) is 0 Å². The zero-order valence-corrected chi connectivity index (χ0v) is 16.9. The van der Waals surface area contributed by atoms with E-state index in [9.17, 15) is 9.59 Å². The molecule has 0 bridgehead atoms. The van der Waals surface area contributed by atoms with Gasteiger partial charge in [-0.2, -0.15) is 0 Å². The first-order valence-electron chi connectivity index (χ1n) is 9.46. The summed E-state index contributed by atoms with van der Waals surface area (Å²) in [4.78, 5) is 25.1. The van der Waals surface area contributed by atoms with Gasteiger partial charge in [0.2, 0.25) is 5.91 Å². The second kappa shape index (κ2) is 8.57. The number of nitrogens with zero attached hydrogens (tertiary/aromatic N) is 5. The summed E-state index contributed by atoms with van der Waals surface area (Å²) in [5.41, 5.74) is 2.63. The fraction of sp³-hybridized carbons (Fsp3) is 0.143. The maximum atomic E-state index is 12.7. The molecular weight excluding hydrogens is 398 g/mol. The number of carbonyl (C=O) groups excluding carboxylic acids is 2. The Kier molecular flexibility index (Phi) is 5.52. The van der Waals surface area contributed by atoms with Crippen molar-refractivity contribution in [2.24, 2.45) is 0 Å². The van der Waals surface area contributed by atoms with Crippen LogP contribution in [0, 0.1) is 13.8 Å². The summed E-state index contributed by atoms with van der Waals surface area (Å²) in [6.45, 7) is 3.50. The van der Waals surface area contributed by atoms with Crippen molar-refractivity contribution in [1.29, 1.82) is 0 Å². The molecule has 0 spiro atoms. The smallest absolute Gasteiger partial charge is 0.255 e. The molecule has 0 aliphatic rings. The van der Waals surface area contributed by atoms with Gasteiger partial charge < -0.3 is 15.2 Å². The lowest BCUT2D eigenvalue weighted by Gasteiger charge is -2.11. The molecule has 0 saturated heterocycles. The summed E-state index contributed by atoms with van der Waals surface area (Å²) in [7, 11) is 0. The van der Waals surface area contributed by atoms with E-state index in [1.807, 2.05) is 19.1 Å². The number of rotatable bonds is 6. The summed E-state index contributed by atoms with van der Waals surface area (Å²) in [5.74, 6) is 0.601. The van der Waals surface area contributed by atoms with Gasteiger partial charge in [0.05, 0.1) is 5.69 Å². The fourth-order valence-corrected chi connectivity index (χ4v) is 3.02. The molecular formula is C21H19N7O3. The largest absolute Gasteiger partial charge is 0.360 e. The highest BCUT2D eigenvalue weighted by Gasteiger charge is 2.18. The van der Waals surface area contributed by atoms with E-state index < -0.39 is 0 Å². The maximum Gasteiger partial charge on any atom is 0.255 e. The van der Waals surface area contributed by atoms with E-state index in [0.717, 1.165) is 5.56 Å². The number of benzene rings is 2. The third-order valence-corrected chi connectivity index (χ3v) is 4.42. The Balaban J connectivity index is 1.55. The van der Waals surface area contributed by atoms with Gasteiger partial charge in [0, 0.05) is 17.2 Å². The van der Waals surface area contributed by atoms with Crippen LogP contribution < -0.4 is 10.6 Å². The van der Waals surface area contributed by atoms with E-state index in [4.69, 9.17) is 4.52 Å². The van der Waals surface area contributed by atoms with Gasteiger partial charge in [-0.3, -0.25) is 9.59 Å². The minimum atomic E-state index is -0.372. The third kappa shape index (κ3) is 4.64. The first kappa shape index (κ1) is 20.0. The van der Waals surface area contributed by atoms with Crippen molar-refractivity contribution in [2.45, 2.75) is 20.4 Å². The molecule has 156 valence electrons. The number of anilines is 2. The van der Waals surface area contributed by atoms with Crippen molar-refractivity contribution in [3.8, 4) is 11.4 Å². The van der Waals surface area contributed by atoms with Crippen LogP contribution in [0.3, 0.4) is 0 Å². The Morgan fingerprint density at radius 3 is 2.65 bits per heavy atom. The summed E-state index contributed by atoms with van der Waals surface area (Å²) in [6.07, 6.45) is 0. The Morgan fingerprint density at radius 1 is 1.03 bits per heavy atom. The monoisotopic (exact) mass is 417 g/mol. The quantitative estimate of drug-likeness (QED) is 0.494. The Morgan fingerprint density at radius 2 is 1.87 bits per heavy atom. The average molecular weight is 417 g/mol. The lowest BCUT2D eigenvalue weighted by molar-refractivity contribution is -0.116. The molecule has 4 rings (SSSR count). The standard InChI is InChI=1S/C21H19N7O3/c1-13-6-5-7-15(10-13)21(30)22-17-9-4-3-8-16(17)20-24-26-27-28(20)12-19(29)23-18-11-14(2)31-25-18/h3-11H,12H2,1-2H3,(H,22,30)(H,23,25,29). The van der Waals surface area contributed by atoms with E-state index >= 15 is 0 Å². The van der Waals surface area contributed by atoms with Crippen molar-refractivity contribution >= 4 is 23.3 Å². The van der Waals surface area contributed by atoms with Crippen molar-refractivity contribution in [3.63, 3.8) is 0 Å². The number of aromatic nitrogens is 5.